The highest BCUT2D eigenvalue weighted by Gasteiger charge is 2.58. The molecule has 13 heteroatoms. The highest BCUT2D eigenvalue weighted by Crippen LogP contribution is 2.47. The lowest BCUT2D eigenvalue weighted by Gasteiger charge is -2.39. The molecule has 3 heterocycles. The van der Waals surface area contributed by atoms with Crippen molar-refractivity contribution in [3.05, 3.63) is 59.2 Å². The van der Waals surface area contributed by atoms with Gasteiger partial charge < -0.3 is 33.5 Å². The summed E-state index contributed by atoms with van der Waals surface area (Å²) in [6.07, 6.45) is 1.10. The average Bonchev–Trinajstić information content (AvgIpc) is 3.80. The number of halogens is 3. The molecule has 0 radical (unpaired) electrons. The highest BCUT2D eigenvalue weighted by molar-refractivity contribution is 5.88. The molecular weight excluding hydrogens is 703 g/mol. The van der Waals surface area contributed by atoms with Crippen molar-refractivity contribution in [3.8, 4) is 5.75 Å². The van der Waals surface area contributed by atoms with Gasteiger partial charge in [0.1, 0.15) is 5.75 Å². The third kappa shape index (κ3) is 8.24. The number of alkyl halides is 3. The fourth-order valence-corrected chi connectivity index (χ4v) is 9.52. The molecule has 2 aromatic rings. The van der Waals surface area contributed by atoms with Gasteiger partial charge in [-0.25, -0.2) is 0 Å². The van der Waals surface area contributed by atoms with Gasteiger partial charge in [-0.05, 0) is 87.3 Å². The van der Waals surface area contributed by atoms with Crippen LogP contribution in [0.25, 0.3) is 0 Å². The Kier molecular flexibility index (Phi) is 12.8. The van der Waals surface area contributed by atoms with Crippen molar-refractivity contribution in [2.75, 3.05) is 79.3 Å². The van der Waals surface area contributed by atoms with Gasteiger partial charge in [-0.2, -0.15) is 13.2 Å². The van der Waals surface area contributed by atoms with Crippen molar-refractivity contribution in [1.82, 2.24) is 9.80 Å². The van der Waals surface area contributed by atoms with E-state index in [2.05, 4.69) is 4.90 Å². The smallest absolute Gasteiger partial charge is 0.416 e. The Morgan fingerprint density at radius 2 is 1.61 bits per heavy atom. The summed E-state index contributed by atoms with van der Waals surface area (Å²) in [7, 11) is 6.20. The maximum atomic E-state index is 15.3. The molecular formula is C41H56F3N3O7. The molecule has 298 valence electrons. The largest absolute Gasteiger partial charge is 0.497 e. The van der Waals surface area contributed by atoms with E-state index in [-0.39, 0.29) is 54.4 Å². The van der Waals surface area contributed by atoms with Crippen molar-refractivity contribution >= 4 is 17.6 Å². The lowest BCUT2D eigenvalue weighted by Crippen LogP contribution is -2.57. The van der Waals surface area contributed by atoms with Crippen LogP contribution in [0.4, 0.5) is 18.9 Å². The van der Waals surface area contributed by atoms with Gasteiger partial charge in [-0.15, -0.1) is 0 Å². The van der Waals surface area contributed by atoms with Gasteiger partial charge >= 0.3 is 12.1 Å². The van der Waals surface area contributed by atoms with E-state index in [1.807, 2.05) is 41.0 Å². The first-order valence-electron chi connectivity index (χ1n) is 19.3. The minimum absolute atomic E-state index is 0.131. The van der Waals surface area contributed by atoms with E-state index in [1.54, 1.807) is 27.4 Å². The van der Waals surface area contributed by atoms with Gasteiger partial charge in [0, 0.05) is 77.1 Å². The summed E-state index contributed by atoms with van der Waals surface area (Å²) in [5, 5.41) is 0. The molecule has 1 aliphatic carbocycles. The number of carbonyl (C=O) groups is 2. The van der Waals surface area contributed by atoms with Gasteiger partial charge in [-0.1, -0.05) is 18.2 Å². The standard InChI is InChI=1S/C41H56F3N3O7/c1-6-54-34-14-10-31(11-15-34)46-24-36(27-7-12-33(51-3)13-8-27)40(26-46,53-5)39(49)47-23-29(21-32(47)25-50-2)35-16-9-30(41(42,43)44)22-37(35)45-19-17-28(18-20-45)38(48)52-4/h7-9,12-13,16,22,28-29,31-32,34,36H,6,10-11,14-15,17-21,23-26H2,1-5H3/t29-,31?,32+,34?,36?,40?/m1/s1. The minimum Gasteiger partial charge on any atom is -0.497 e. The first kappa shape index (κ1) is 40.3. The Morgan fingerprint density at radius 3 is 2.20 bits per heavy atom. The maximum absolute atomic E-state index is 15.3. The summed E-state index contributed by atoms with van der Waals surface area (Å²) in [5.74, 6) is -0.513. The number of benzene rings is 2. The van der Waals surface area contributed by atoms with Crippen LogP contribution in [0, 0.1) is 5.92 Å². The van der Waals surface area contributed by atoms with Crippen LogP contribution in [0.1, 0.15) is 80.4 Å². The number of hydrogen-bond acceptors (Lipinski definition) is 9. The van der Waals surface area contributed by atoms with Crippen LogP contribution >= 0.6 is 0 Å². The molecule has 10 nitrogen and oxygen atoms in total. The molecule has 0 N–H and O–H groups in total. The molecule has 3 saturated heterocycles. The van der Waals surface area contributed by atoms with Crippen LogP contribution in [-0.2, 0) is 34.7 Å². The fraction of sp³-hybridized carbons (Fsp3) is 0.659. The number of ether oxygens (including phenoxy) is 5. The molecule has 4 atom stereocenters. The van der Waals surface area contributed by atoms with Gasteiger partial charge in [0.15, 0.2) is 5.60 Å². The number of nitrogens with zero attached hydrogens (tertiary/aromatic N) is 3. The zero-order valence-electron chi connectivity index (χ0n) is 32.2. The molecule has 4 aliphatic rings. The van der Waals surface area contributed by atoms with E-state index in [0.29, 0.717) is 64.3 Å². The van der Waals surface area contributed by atoms with E-state index in [0.717, 1.165) is 48.6 Å². The SMILES string of the molecule is CCOC1CCC(N2CC(c3ccc(OC)cc3)C(OC)(C(=O)N3C[C@H](c4ccc(C(F)(F)F)cc4N4CCC(C(=O)OC)CC4)C[C@H]3COC)C2)CC1. The summed E-state index contributed by atoms with van der Waals surface area (Å²) in [4.78, 5) is 33.8. The predicted molar refractivity (Wildman–Crippen MR) is 198 cm³/mol. The van der Waals surface area contributed by atoms with Crippen molar-refractivity contribution in [3.63, 3.8) is 0 Å². The quantitative estimate of drug-likeness (QED) is 0.233. The number of piperidine rings is 1. The Hall–Kier alpha value is -3.39. The minimum atomic E-state index is -4.52. The number of anilines is 1. The second kappa shape index (κ2) is 17.2. The first-order valence-corrected chi connectivity index (χ1v) is 19.3. The van der Waals surface area contributed by atoms with E-state index < -0.39 is 17.3 Å². The van der Waals surface area contributed by atoms with E-state index in [1.165, 1.54) is 13.2 Å². The Labute approximate surface area is 317 Å². The van der Waals surface area contributed by atoms with E-state index in [9.17, 15) is 18.0 Å². The van der Waals surface area contributed by atoms with E-state index in [4.69, 9.17) is 23.7 Å². The molecule has 6 rings (SSSR count). The second-order valence-corrected chi connectivity index (χ2v) is 15.3. The topological polar surface area (TPSA) is 90.0 Å². The molecule has 1 amide bonds. The summed E-state index contributed by atoms with van der Waals surface area (Å²) in [5.41, 5.74) is 0.308. The van der Waals surface area contributed by atoms with Crippen LogP contribution in [0.15, 0.2) is 42.5 Å². The molecule has 1 saturated carbocycles. The monoisotopic (exact) mass is 759 g/mol. The molecule has 54 heavy (non-hydrogen) atoms. The van der Waals surface area contributed by atoms with Crippen LogP contribution in [0.3, 0.4) is 0 Å². The Morgan fingerprint density at radius 1 is 0.907 bits per heavy atom. The number of hydrogen-bond donors (Lipinski definition) is 0. The van der Waals surface area contributed by atoms with Gasteiger partial charge in [-0.3, -0.25) is 14.5 Å². The Balaban J connectivity index is 1.31. The van der Waals surface area contributed by atoms with Crippen LogP contribution in [0.2, 0.25) is 0 Å². The van der Waals surface area contributed by atoms with Crippen molar-refractivity contribution in [2.45, 2.75) is 93.7 Å². The van der Waals surface area contributed by atoms with Crippen LogP contribution < -0.4 is 9.64 Å². The molecule has 0 spiro atoms. The summed E-state index contributed by atoms with van der Waals surface area (Å²) >= 11 is 0. The third-order valence-corrected chi connectivity index (χ3v) is 12.4. The summed E-state index contributed by atoms with van der Waals surface area (Å²) in [6, 6.07) is 11.8. The van der Waals surface area contributed by atoms with Crippen molar-refractivity contribution < 1.29 is 46.4 Å². The Bertz CT molecular complexity index is 1580. The lowest BCUT2D eigenvalue weighted by molar-refractivity contribution is -0.157. The molecule has 2 unspecified atom stereocenters. The van der Waals surface area contributed by atoms with Crippen molar-refractivity contribution in [1.29, 1.82) is 0 Å². The van der Waals surface area contributed by atoms with Gasteiger partial charge in [0.25, 0.3) is 5.91 Å². The van der Waals surface area contributed by atoms with E-state index >= 15 is 4.79 Å². The highest BCUT2D eigenvalue weighted by atomic mass is 19.4. The zero-order chi connectivity index (χ0) is 38.6. The maximum Gasteiger partial charge on any atom is 0.416 e. The van der Waals surface area contributed by atoms with Crippen molar-refractivity contribution in [2.24, 2.45) is 5.92 Å². The number of methoxy groups -OCH3 is 4. The molecule has 3 aliphatic heterocycles. The summed E-state index contributed by atoms with van der Waals surface area (Å²) in [6.45, 7) is 5.22. The number of carbonyl (C=O) groups excluding carboxylic acids is 2. The molecule has 2 aromatic carbocycles. The molecule has 0 aromatic heterocycles. The van der Waals surface area contributed by atoms with Gasteiger partial charge in [0.2, 0.25) is 0 Å². The van der Waals surface area contributed by atoms with Crippen LogP contribution in [0.5, 0.6) is 5.75 Å². The van der Waals surface area contributed by atoms with Crippen LogP contribution in [-0.4, -0.2) is 120 Å². The molecule has 4 fully saturated rings. The fourth-order valence-electron chi connectivity index (χ4n) is 9.52. The zero-order valence-corrected chi connectivity index (χ0v) is 32.2. The second-order valence-electron chi connectivity index (χ2n) is 15.3. The first-order chi connectivity index (χ1) is 26.0. The summed E-state index contributed by atoms with van der Waals surface area (Å²) < 4.78 is 70.8. The lowest BCUT2D eigenvalue weighted by atomic mass is 9.83. The number of likely N-dealkylation sites (tertiary alicyclic amines) is 2. The average molecular weight is 760 g/mol. The predicted octanol–water partition coefficient (Wildman–Crippen LogP) is 6.27. The third-order valence-electron chi connectivity index (χ3n) is 12.4. The normalized spacial score (nSPS) is 28.4. The number of amides is 1. The molecule has 0 bridgehead atoms. The van der Waals surface area contributed by atoms with Gasteiger partial charge in [0.05, 0.1) is 44.5 Å². The number of rotatable bonds is 12. The number of esters is 1.